The van der Waals surface area contributed by atoms with Crippen molar-refractivity contribution in [3.63, 3.8) is 0 Å². The monoisotopic (exact) mass is 241 g/mol. The van der Waals surface area contributed by atoms with Crippen molar-refractivity contribution in [3.8, 4) is 0 Å². The normalized spacial score (nSPS) is 21.0. The van der Waals surface area contributed by atoms with Crippen molar-refractivity contribution in [1.29, 1.82) is 0 Å². The minimum atomic E-state index is -0.439. The first kappa shape index (κ1) is 11.9. The Labute approximate surface area is 101 Å². The highest BCUT2D eigenvalue weighted by atomic mass is 35.5. The van der Waals surface area contributed by atoms with Gasteiger partial charge in [-0.05, 0) is 55.5 Å². The van der Waals surface area contributed by atoms with Crippen molar-refractivity contribution < 1.29 is 4.39 Å². The van der Waals surface area contributed by atoms with E-state index in [4.69, 9.17) is 11.6 Å². The third-order valence-electron chi connectivity index (χ3n) is 3.18. The van der Waals surface area contributed by atoms with Crippen LogP contribution in [-0.4, -0.2) is 13.1 Å². The van der Waals surface area contributed by atoms with Crippen molar-refractivity contribution in [2.75, 3.05) is 13.1 Å². The van der Waals surface area contributed by atoms with Crippen molar-refractivity contribution in [2.45, 2.75) is 25.9 Å². The van der Waals surface area contributed by atoms with Gasteiger partial charge in [-0.2, -0.15) is 0 Å². The quantitative estimate of drug-likeness (QED) is 0.856. The Morgan fingerprint density at radius 2 is 2.31 bits per heavy atom. The van der Waals surface area contributed by atoms with Crippen molar-refractivity contribution in [3.05, 3.63) is 34.3 Å². The van der Waals surface area contributed by atoms with E-state index >= 15 is 0 Å². The van der Waals surface area contributed by atoms with Gasteiger partial charge in [0.1, 0.15) is 6.67 Å². The maximum atomic E-state index is 12.4. The summed E-state index contributed by atoms with van der Waals surface area (Å²) < 4.78 is 12.4. The average molecular weight is 242 g/mol. The summed E-state index contributed by atoms with van der Waals surface area (Å²) in [5.41, 5.74) is 1.81. The maximum absolute atomic E-state index is 12.4. The average Bonchev–Trinajstić information content (AvgIpc) is 2.33. The van der Waals surface area contributed by atoms with Gasteiger partial charge >= 0.3 is 0 Å². The van der Waals surface area contributed by atoms with E-state index in [0.717, 1.165) is 25.1 Å². The molecule has 1 fully saturated rings. The first-order valence-electron chi connectivity index (χ1n) is 5.83. The summed E-state index contributed by atoms with van der Waals surface area (Å²) in [6.45, 7) is 1.76. The Bertz CT molecular complexity index is 348. The summed E-state index contributed by atoms with van der Waals surface area (Å²) >= 11 is 6.14. The number of rotatable bonds is 3. The van der Waals surface area contributed by atoms with Crippen LogP contribution in [0.4, 0.5) is 4.39 Å². The first-order chi connectivity index (χ1) is 7.79. The Kier molecular flexibility index (Phi) is 4.19. The summed E-state index contributed by atoms with van der Waals surface area (Å²) in [6, 6.07) is 5.54. The number of nitrogens with one attached hydrogen (secondary N) is 1. The third-order valence-corrected chi connectivity index (χ3v) is 3.53. The van der Waals surface area contributed by atoms with E-state index in [-0.39, 0.29) is 0 Å². The lowest BCUT2D eigenvalue weighted by molar-refractivity contribution is 0.376. The Balaban J connectivity index is 2.03. The van der Waals surface area contributed by atoms with Gasteiger partial charge in [-0.3, -0.25) is 0 Å². The van der Waals surface area contributed by atoms with E-state index in [1.54, 1.807) is 6.07 Å². The number of alkyl halides is 1. The zero-order valence-corrected chi connectivity index (χ0v) is 10.1. The molecule has 1 aromatic carbocycles. The van der Waals surface area contributed by atoms with Crippen LogP contribution in [0.2, 0.25) is 5.02 Å². The summed E-state index contributed by atoms with van der Waals surface area (Å²) in [6.07, 6.45) is 3.50. The van der Waals surface area contributed by atoms with Gasteiger partial charge in [0.05, 0.1) is 0 Å². The lowest BCUT2D eigenvalue weighted by Gasteiger charge is -2.23. The van der Waals surface area contributed by atoms with Crippen molar-refractivity contribution >= 4 is 11.6 Å². The molecule has 2 rings (SSSR count). The molecule has 1 atom stereocenters. The maximum Gasteiger partial charge on any atom is 0.115 e. The minimum absolute atomic E-state index is 0.439. The second-order valence-electron chi connectivity index (χ2n) is 4.48. The predicted molar refractivity (Wildman–Crippen MR) is 65.6 cm³/mol. The second-order valence-corrected chi connectivity index (χ2v) is 4.88. The van der Waals surface area contributed by atoms with Crippen LogP contribution >= 0.6 is 11.6 Å². The van der Waals surface area contributed by atoms with Crippen LogP contribution in [0.25, 0.3) is 0 Å². The molecule has 0 spiro atoms. The molecule has 0 radical (unpaired) electrons. The molecule has 1 aromatic rings. The topological polar surface area (TPSA) is 12.0 Å². The van der Waals surface area contributed by atoms with E-state index in [0.29, 0.717) is 16.5 Å². The molecule has 16 heavy (non-hydrogen) atoms. The zero-order valence-electron chi connectivity index (χ0n) is 9.31. The van der Waals surface area contributed by atoms with Crippen LogP contribution < -0.4 is 5.32 Å². The van der Waals surface area contributed by atoms with Gasteiger partial charge in [0.25, 0.3) is 0 Å². The van der Waals surface area contributed by atoms with E-state index in [2.05, 4.69) is 5.32 Å². The fourth-order valence-electron chi connectivity index (χ4n) is 2.25. The summed E-state index contributed by atoms with van der Waals surface area (Å²) in [5, 5.41) is 4.10. The van der Waals surface area contributed by atoms with Gasteiger partial charge in [-0.15, -0.1) is 0 Å². The molecule has 1 unspecified atom stereocenters. The molecule has 0 amide bonds. The number of halogens is 2. The number of hydrogen-bond acceptors (Lipinski definition) is 1. The van der Waals surface area contributed by atoms with E-state index < -0.39 is 6.67 Å². The smallest absolute Gasteiger partial charge is 0.115 e. The third kappa shape index (κ3) is 2.96. The van der Waals surface area contributed by atoms with Gasteiger partial charge in [0.15, 0.2) is 0 Å². The fourth-order valence-corrected chi connectivity index (χ4v) is 2.53. The van der Waals surface area contributed by atoms with E-state index in [1.165, 1.54) is 12.8 Å². The van der Waals surface area contributed by atoms with Crippen LogP contribution in [0.5, 0.6) is 0 Å². The van der Waals surface area contributed by atoms with E-state index in [1.807, 2.05) is 12.1 Å². The highest BCUT2D eigenvalue weighted by molar-refractivity contribution is 6.31. The molecule has 1 nitrogen and oxygen atoms in total. The molecule has 0 aliphatic carbocycles. The molecule has 88 valence electrons. The molecular formula is C13H17ClFN. The summed E-state index contributed by atoms with van der Waals surface area (Å²) in [7, 11) is 0. The second kappa shape index (κ2) is 5.65. The molecule has 3 heteroatoms. The first-order valence-corrected chi connectivity index (χ1v) is 6.21. The lowest BCUT2D eigenvalue weighted by Crippen LogP contribution is -2.30. The van der Waals surface area contributed by atoms with Crippen LogP contribution in [0.15, 0.2) is 18.2 Å². The molecule has 0 aromatic heterocycles. The molecule has 1 heterocycles. The Morgan fingerprint density at radius 3 is 2.94 bits per heavy atom. The largest absolute Gasteiger partial charge is 0.316 e. The summed E-state index contributed by atoms with van der Waals surface area (Å²) in [5.74, 6) is 0.669. The zero-order chi connectivity index (χ0) is 11.4. The summed E-state index contributed by atoms with van der Waals surface area (Å²) in [4.78, 5) is 0. The van der Waals surface area contributed by atoms with Crippen LogP contribution in [0.1, 0.15) is 24.0 Å². The van der Waals surface area contributed by atoms with Crippen molar-refractivity contribution in [2.24, 2.45) is 5.92 Å². The van der Waals surface area contributed by atoms with Crippen LogP contribution in [0.3, 0.4) is 0 Å². The van der Waals surface area contributed by atoms with Gasteiger partial charge in [-0.25, -0.2) is 4.39 Å². The molecule has 0 saturated carbocycles. The highest BCUT2D eigenvalue weighted by Gasteiger charge is 2.14. The van der Waals surface area contributed by atoms with Crippen molar-refractivity contribution in [1.82, 2.24) is 5.32 Å². The molecule has 0 bridgehead atoms. The molecule has 1 aliphatic heterocycles. The lowest BCUT2D eigenvalue weighted by atomic mass is 9.92. The molecule has 1 N–H and O–H groups in total. The van der Waals surface area contributed by atoms with Gasteiger partial charge in [0.2, 0.25) is 0 Å². The minimum Gasteiger partial charge on any atom is -0.316 e. The van der Waals surface area contributed by atoms with Gasteiger partial charge in [0, 0.05) is 5.02 Å². The number of benzene rings is 1. The Hall–Kier alpha value is -0.600. The van der Waals surface area contributed by atoms with E-state index in [9.17, 15) is 4.39 Å². The van der Waals surface area contributed by atoms with Gasteiger partial charge in [-0.1, -0.05) is 23.7 Å². The molecule has 1 saturated heterocycles. The number of hydrogen-bond donors (Lipinski definition) is 1. The Morgan fingerprint density at radius 1 is 1.44 bits per heavy atom. The SMILES string of the molecule is FCc1ccc(CC2CCCNC2)c(Cl)c1. The van der Waals surface area contributed by atoms with Crippen LogP contribution in [0, 0.1) is 5.92 Å². The fraction of sp³-hybridized carbons (Fsp3) is 0.538. The highest BCUT2D eigenvalue weighted by Crippen LogP contribution is 2.24. The predicted octanol–water partition coefficient (Wildman–Crippen LogP) is 3.35. The number of piperidine rings is 1. The molecular weight excluding hydrogens is 225 g/mol. The van der Waals surface area contributed by atoms with Crippen LogP contribution in [-0.2, 0) is 13.1 Å². The molecule has 1 aliphatic rings. The van der Waals surface area contributed by atoms with Gasteiger partial charge < -0.3 is 5.32 Å². The standard InChI is InChI=1S/C13H17ClFN/c14-13-7-10(8-15)3-4-12(13)6-11-2-1-5-16-9-11/h3-4,7,11,16H,1-2,5-6,8-9H2.